The SMILES string of the molecule is Cc1cc2oc(C(N)=O)c(NC(=O)c3cccc(CCl)c3)c2cc1F. The van der Waals surface area contributed by atoms with Gasteiger partial charge in [0.05, 0.1) is 0 Å². The molecule has 25 heavy (non-hydrogen) atoms. The van der Waals surface area contributed by atoms with Gasteiger partial charge in [-0.3, -0.25) is 9.59 Å². The number of furan rings is 1. The van der Waals surface area contributed by atoms with Gasteiger partial charge >= 0.3 is 0 Å². The topological polar surface area (TPSA) is 85.3 Å². The van der Waals surface area contributed by atoms with Gasteiger partial charge in [0, 0.05) is 16.8 Å². The summed E-state index contributed by atoms with van der Waals surface area (Å²) < 4.78 is 19.3. The number of anilines is 1. The minimum absolute atomic E-state index is 0.0441. The smallest absolute Gasteiger partial charge is 0.286 e. The number of carbonyl (C=O) groups is 2. The van der Waals surface area contributed by atoms with Crippen LogP contribution in [0.1, 0.15) is 32.0 Å². The van der Waals surface area contributed by atoms with E-state index in [-0.39, 0.29) is 28.3 Å². The van der Waals surface area contributed by atoms with Crippen molar-refractivity contribution in [3.05, 3.63) is 64.7 Å². The number of benzene rings is 2. The number of hydrogen-bond donors (Lipinski definition) is 2. The number of carbonyl (C=O) groups excluding carboxylic acids is 2. The molecule has 0 saturated heterocycles. The van der Waals surface area contributed by atoms with Gasteiger partial charge in [-0.1, -0.05) is 12.1 Å². The number of primary amides is 1. The summed E-state index contributed by atoms with van der Waals surface area (Å²) in [5.74, 6) is -1.81. The van der Waals surface area contributed by atoms with Gasteiger partial charge in [0.25, 0.3) is 11.8 Å². The third kappa shape index (κ3) is 3.21. The molecule has 3 aromatic rings. The maximum absolute atomic E-state index is 13.9. The van der Waals surface area contributed by atoms with Crippen molar-refractivity contribution in [2.45, 2.75) is 12.8 Å². The van der Waals surface area contributed by atoms with Gasteiger partial charge in [-0.2, -0.15) is 0 Å². The van der Waals surface area contributed by atoms with Crippen LogP contribution in [0, 0.1) is 12.7 Å². The van der Waals surface area contributed by atoms with Crippen molar-refractivity contribution < 1.29 is 18.4 Å². The third-order valence-electron chi connectivity index (χ3n) is 3.78. The fourth-order valence-corrected chi connectivity index (χ4v) is 2.66. The van der Waals surface area contributed by atoms with Gasteiger partial charge in [0.2, 0.25) is 5.76 Å². The van der Waals surface area contributed by atoms with E-state index in [1.54, 1.807) is 31.2 Å². The fourth-order valence-electron chi connectivity index (χ4n) is 2.50. The Balaban J connectivity index is 2.07. The zero-order valence-corrected chi connectivity index (χ0v) is 14.0. The summed E-state index contributed by atoms with van der Waals surface area (Å²) in [6.45, 7) is 1.57. The molecular formula is C18H14ClFN2O3. The minimum Gasteiger partial charge on any atom is -0.449 e. The Morgan fingerprint density at radius 3 is 2.72 bits per heavy atom. The molecule has 7 heteroatoms. The number of hydrogen-bond acceptors (Lipinski definition) is 3. The van der Waals surface area contributed by atoms with E-state index < -0.39 is 17.6 Å². The number of amides is 2. The van der Waals surface area contributed by atoms with E-state index in [1.807, 2.05) is 0 Å². The lowest BCUT2D eigenvalue weighted by molar-refractivity contribution is 0.0977. The molecular weight excluding hydrogens is 347 g/mol. The zero-order chi connectivity index (χ0) is 18.1. The summed E-state index contributed by atoms with van der Waals surface area (Å²) in [6.07, 6.45) is 0. The number of alkyl halides is 1. The van der Waals surface area contributed by atoms with E-state index in [0.717, 1.165) is 5.56 Å². The molecule has 0 spiro atoms. The molecule has 0 unspecified atom stereocenters. The predicted octanol–water partition coefficient (Wildman–Crippen LogP) is 3.97. The first kappa shape index (κ1) is 17.0. The number of halogens is 2. The Bertz CT molecular complexity index is 997. The highest BCUT2D eigenvalue weighted by atomic mass is 35.5. The molecule has 0 bridgehead atoms. The lowest BCUT2D eigenvalue weighted by atomic mass is 10.1. The minimum atomic E-state index is -0.862. The molecule has 0 aliphatic rings. The molecule has 2 amide bonds. The second-order valence-electron chi connectivity index (χ2n) is 5.56. The molecule has 3 rings (SSSR count). The second-order valence-corrected chi connectivity index (χ2v) is 5.82. The summed E-state index contributed by atoms with van der Waals surface area (Å²) in [7, 11) is 0. The molecule has 128 valence electrons. The van der Waals surface area contributed by atoms with E-state index in [1.165, 1.54) is 12.1 Å². The van der Waals surface area contributed by atoms with Crippen LogP contribution in [-0.4, -0.2) is 11.8 Å². The first-order chi connectivity index (χ1) is 11.9. The zero-order valence-electron chi connectivity index (χ0n) is 13.2. The standard InChI is InChI=1S/C18H14ClFN2O3/c1-9-5-14-12(7-13(9)20)15(16(25-14)17(21)23)22-18(24)11-4-2-3-10(6-11)8-19/h2-7H,8H2,1H3,(H2,21,23)(H,22,24). The average Bonchev–Trinajstić information content (AvgIpc) is 2.93. The van der Waals surface area contributed by atoms with Gasteiger partial charge in [-0.25, -0.2) is 4.39 Å². The quantitative estimate of drug-likeness (QED) is 0.690. The first-order valence-corrected chi connectivity index (χ1v) is 7.93. The number of fused-ring (bicyclic) bond motifs is 1. The number of nitrogens with two attached hydrogens (primary N) is 1. The van der Waals surface area contributed by atoms with Crippen LogP contribution in [-0.2, 0) is 5.88 Å². The number of aryl methyl sites for hydroxylation is 1. The van der Waals surface area contributed by atoms with Crippen molar-refractivity contribution in [1.29, 1.82) is 0 Å². The molecule has 0 saturated carbocycles. The first-order valence-electron chi connectivity index (χ1n) is 7.39. The van der Waals surface area contributed by atoms with Crippen LogP contribution in [0.2, 0.25) is 0 Å². The van der Waals surface area contributed by atoms with Gasteiger partial charge in [-0.15, -0.1) is 11.6 Å². The monoisotopic (exact) mass is 360 g/mol. The van der Waals surface area contributed by atoms with Crippen LogP contribution in [0.3, 0.4) is 0 Å². The number of rotatable bonds is 4. The number of nitrogens with one attached hydrogen (secondary N) is 1. The average molecular weight is 361 g/mol. The molecule has 2 aromatic carbocycles. The van der Waals surface area contributed by atoms with E-state index in [4.69, 9.17) is 21.8 Å². The van der Waals surface area contributed by atoms with Crippen molar-refractivity contribution >= 4 is 40.1 Å². The lowest BCUT2D eigenvalue weighted by Crippen LogP contribution is -2.17. The van der Waals surface area contributed by atoms with Gasteiger partial charge < -0.3 is 15.5 Å². The van der Waals surface area contributed by atoms with Gasteiger partial charge in [-0.05, 0) is 42.3 Å². The van der Waals surface area contributed by atoms with Crippen molar-refractivity contribution in [3.63, 3.8) is 0 Å². The molecule has 0 fully saturated rings. The van der Waals surface area contributed by atoms with Crippen molar-refractivity contribution in [2.75, 3.05) is 5.32 Å². The van der Waals surface area contributed by atoms with Gasteiger partial charge in [0.1, 0.15) is 17.1 Å². The van der Waals surface area contributed by atoms with E-state index in [0.29, 0.717) is 11.1 Å². The molecule has 0 aliphatic heterocycles. The van der Waals surface area contributed by atoms with Crippen LogP contribution >= 0.6 is 11.6 Å². The third-order valence-corrected chi connectivity index (χ3v) is 4.08. The van der Waals surface area contributed by atoms with Crippen molar-refractivity contribution in [2.24, 2.45) is 5.73 Å². The predicted molar refractivity (Wildman–Crippen MR) is 93.4 cm³/mol. The van der Waals surface area contributed by atoms with E-state index in [2.05, 4.69) is 5.32 Å². The summed E-state index contributed by atoms with van der Waals surface area (Å²) in [5, 5.41) is 2.85. The van der Waals surface area contributed by atoms with Crippen LogP contribution in [0.4, 0.5) is 10.1 Å². The Labute approximate surface area is 147 Å². The highest BCUT2D eigenvalue weighted by Gasteiger charge is 2.22. The fraction of sp³-hybridized carbons (Fsp3) is 0.111. The highest BCUT2D eigenvalue weighted by Crippen LogP contribution is 2.33. The normalized spacial score (nSPS) is 10.8. The van der Waals surface area contributed by atoms with Crippen molar-refractivity contribution in [1.82, 2.24) is 0 Å². The maximum Gasteiger partial charge on any atom is 0.286 e. The van der Waals surface area contributed by atoms with Crippen LogP contribution in [0.5, 0.6) is 0 Å². The van der Waals surface area contributed by atoms with Crippen LogP contribution in [0.25, 0.3) is 11.0 Å². The van der Waals surface area contributed by atoms with Crippen molar-refractivity contribution in [3.8, 4) is 0 Å². The summed E-state index contributed by atoms with van der Waals surface area (Å²) >= 11 is 5.77. The Kier molecular flexibility index (Phi) is 4.46. The summed E-state index contributed by atoms with van der Waals surface area (Å²) in [6, 6.07) is 9.34. The molecule has 1 heterocycles. The summed E-state index contributed by atoms with van der Waals surface area (Å²) in [4.78, 5) is 24.2. The lowest BCUT2D eigenvalue weighted by Gasteiger charge is -2.06. The summed E-state index contributed by atoms with van der Waals surface area (Å²) in [5.41, 5.74) is 7.09. The molecule has 0 radical (unpaired) electrons. The van der Waals surface area contributed by atoms with E-state index in [9.17, 15) is 14.0 Å². The van der Waals surface area contributed by atoms with Crippen LogP contribution in [0.15, 0.2) is 40.8 Å². The Morgan fingerprint density at radius 1 is 1.28 bits per heavy atom. The van der Waals surface area contributed by atoms with E-state index >= 15 is 0 Å². The molecule has 1 aromatic heterocycles. The molecule has 0 aliphatic carbocycles. The second kappa shape index (κ2) is 6.57. The largest absolute Gasteiger partial charge is 0.449 e. The van der Waals surface area contributed by atoms with Crippen LogP contribution < -0.4 is 11.1 Å². The Morgan fingerprint density at radius 2 is 2.04 bits per heavy atom. The Hall–Kier alpha value is -2.86. The maximum atomic E-state index is 13.9. The molecule has 3 N–H and O–H groups in total. The highest BCUT2D eigenvalue weighted by molar-refractivity contribution is 6.17. The molecule has 0 atom stereocenters. The van der Waals surface area contributed by atoms with Gasteiger partial charge in [0.15, 0.2) is 0 Å². The molecule has 5 nitrogen and oxygen atoms in total.